The SMILES string of the molecule is Cc1cc(Cl)cc2sc(N(CCCN(C)C)C(=O)c3cccs3)nc12. The van der Waals surface area contributed by atoms with E-state index in [2.05, 4.69) is 4.90 Å². The second kappa shape index (κ2) is 7.83. The fourth-order valence-electron chi connectivity index (χ4n) is 2.62. The number of hydrogen-bond acceptors (Lipinski definition) is 5. The first-order valence-electron chi connectivity index (χ1n) is 8.02. The molecule has 132 valence electrons. The van der Waals surface area contributed by atoms with Gasteiger partial charge in [0.2, 0.25) is 0 Å². The molecule has 0 N–H and O–H groups in total. The monoisotopic (exact) mass is 393 g/mol. The lowest BCUT2D eigenvalue weighted by atomic mass is 10.2. The van der Waals surface area contributed by atoms with Crippen molar-refractivity contribution in [3.8, 4) is 0 Å². The number of aromatic nitrogens is 1. The molecule has 2 aromatic heterocycles. The smallest absolute Gasteiger partial charge is 0.270 e. The normalized spacial score (nSPS) is 11.4. The third kappa shape index (κ3) is 4.20. The number of carbonyl (C=O) groups is 1. The van der Waals surface area contributed by atoms with Gasteiger partial charge >= 0.3 is 0 Å². The fourth-order valence-corrected chi connectivity index (χ4v) is 4.74. The van der Waals surface area contributed by atoms with Crippen LogP contribution in [0, 0.1) is 6.92 Å². The minimum absolute atomic E-state index is 0.0107. The number of aryl methyl sites for hydroxylation is 1. The van der Waals surface area contributed by atoms with E-state index in [0.717, 1.165) is 38.8 Å². The summed E-state index contributed by atoms with van der Waals surface area (Å²) in [7, 11) is 4.07. The summed E-state index contributed by atoms with van der Waals surface area (Å²) in [5.41, 5.74) is 1.95. The summed E-state index contributed by atoms with van der Waals surface area (Å²) in [5.74, 6) is 0.0107. The molecule has 0 unspecified atom stereocenters. The molecule has 0 fully saturated rings. The molecule has 0 aliphatic rings. The van der Waals surface area contributed by atoms with E-state index in [0.29, 0.717) is 11.6 Å². The van der Waals surface area contributed by atoms with Crippen LogP contribution >= 0.6 is 34.3 Å². The second-order valence-electron chi connectivity index (χ2n) is 6.16. The summed E-state index contributed by atoms with van der Waals surface area (Å²) in [6.45, 7) is 3.56. The van der Waals surface area contributed by atoms with Crippen molar-refractivity contribution in [2.75, 3.05) is 32.1 Å². The van der Waals surface area contributed by atoms with Gasteiger partial charge in [-0.3, -0.25) is 9.69 Å². The van der Waals surface area contributed by atoms with Gasteiger partial charge in [0.15, 0.2) is 5.13 Å². The third-order valence-electron chi connectivity index (χ3n) is 3.83. The van der Waals surface area contributed by atoms with Gasteiger partial charge in [-0.05, 0) is 63.1 Å². The van der Waals surface area contributed by atoms with E-state index < -0.39 is 0 Å². The average Bonchev–Trinajstić information content (AvgIpc) is 3.20. The summed E-state index contributed by atoms with van der Waals surface area (Å²) < 4.78 is 1.01. The molecule has 1 amide bonds. The molecule has 0 aliphatic heterocycles. The zero-order valence-electron chi connectivity index (χ0n) is 14.5. The Morgan fingerprint density at radius 1 is 1.28 bits per heavy atom. The molecular weight excluding hydrogens is 374 g/mol. The molecule has 7 heteroatoms. The standard InChI is InChI=1S/C18H20ClN3OS2/c1-12-10-13(19)11-15-16(12)20-18(25-15)22(8-5-7-21(2)3)17(23)14-6-4-9-24-14/h4,6,9-11H,5,7-8H2,1-3H3. The van der Waals surface area contributed by atoms with Gasteiger partial charge in [0.1, 0.15) is 0 Å². The highest BCUT2D eigenvalue weighted by Crippen LogP contribution is 2.34. The number of rotatable bonds is 6. The Bertz CT molecular complexity index is 874. The Balaban J connectivity index is 1.95. The number of anilines is 1. The maximum absolute atomic E-state index is 13.0. The lowest BCUT2D eigenvalue weighted by molar-refractivity contribution is 0.0990. The predicted octanol–water partition coefficient (Wildman–Crippen LogP) is 4.92. The Kier molecular flexibility index (Phi) is 5.74. The van der Waals surface area contributed by atoms with Gasteiger partial charge in [0.25, 0.3) is 5.91 Å². The molecule has 0 saturated carbocycles. The van der Waals surface area contributed by atoms with E-state index in [4.69, 9.17) is 16.6 Å². The molecule has 3 aromatic rings. The first-order valence-corrected chi connectivity index (χ1v) is 10.1. The van der Waals surface area contributed by atoms with Crippen molar-refractivity contribution in [3.05, 3.63) is 45.1 Å². The molecule has 0 bridgehead atoms. The van der Waals surface area contributed by atoms with Crippen molar-refractivity contribution >= 4 is 55.5 Å². The molecule has 25 heavy (non-hydrogen) atoms. The van der Waals surface area contributed by atoms with Crippen LogP contribution in [0.25, 0.3) is 10.2 Å². The second-order valence-corrected chi connectivity index (χ2v) is 8.55. The maximum Gasteiger partial charge on any atom is 0.270 e. The molecule has 0 atom stereocenters. The van der Waals surface area contributed by atoms with E-state index in [1.54, 1.807) is 4.90 Å². The Labute approximate surface area is 160 Å². The Morgan fingerprint density at radius 3 is 2.76 bits per heavy atom. The van der Waals surface area contributed by atoms with Crippen molar-refractivity contribution in [3.63, 3.8) is 0 Å². The largest absolute Gasteiger partial charge is 0.309 e. The van der Waals surface area contributed by atoms with Gasteiger partial charge in [-0.2, -0.15) is 0 Å². The number of amides is 1. The number of hydrogen-bond donors (Lipinski definition) is 0. The summed E-state index contributed by atoms with van der Waals surface area (Å²) in [6.07, 6.45) is 0.889. The fraction of sp³-hybridized carbons (Fsp3) is 0.333. The quantitative estimate of drug-likeness (QED) is 0.596. The minimum Gasteiger partial charge on any atom is -0.309 e. The molecular formula is C18H20ClN3OS2. The van der Waals surface area contributed by atoms with Gasteiger partial charge in [-0.25, -0.2) is 4.98 Å². The van der Waals surface area contributed by atoms with Crippen LogP contribution < -0.4 is 4.90 Å². The van der Waals surface area contributed by atoms with Gasteiger partial charge in [0.05, 0.1) is 15.1 Å². The van der Waals surface area contributed by atoms with Gasteiger partial charge < -0.3 is 4.90 Å². The minimum atomic E-state index is 0.0107. The van der Waals surface area contributed by atoms with Crippen LogP contribution in [0.15, 0.2) is 29.6 Å². The highest BCUT2D eigenvalue weighted by molar-refractivity contribution is 7.22. The van der Waals surface area contributed by atoms with Crippen LogP contribution in [-0.2, 0) is 0 Å². The highest BCUT2D eigenvalue weighted by Gasteiger charge is 2.22. The van der Waals surface area contributed by atoms with E-state index in [9.17, 15) is 4.79 Å². The van der Waals surface area contributed by atoms with Crippen LogP contribution in [0.4, 0.5) is 5.13 Å². The number of benzene rings is 1. The molecule has 0 radical (unpaired) electrons. The van der Waals surface area contributed by atoms with Crippen LogP contribution in [0.1, 0.15) is 21.7 Å². The van der Waals surface area contributed by atoms with Crippen LogP contribution in [-0.4, -0.2) is 43.0 Å². The average molecular weight is 394 g/mol. The van der Waals surface area contributed by atoms with E-state index in [1.165, 1.54) is 22.7 Å². The number of fused-ring (bicyclic) bond motifs is 1. The molecule has 0 spiro atoms. The van der Waals surface area contributed by atoms with Crippen molar-refractivity contribution < 1.29 is 4.79 Å². The van der Waals surface area contributed by atoms with Gasteiger partial charge in [-0.15, -0.1) is 11.3 Å². The third-order valence-corrected chi connectivity index (χ3v) is 5.94. The number of thiazole rings is 1. The number of carbonyl (C=O) groups excluding carboxylic acids is 1. The van der Waals surface area contributed by atoms with E-state index in [-0.39, 0.29) is 5.91 Å². The highest BCUT2D eigenvalue weighted by atomic mass is 35.5. The van der Waals surface area contributed by atoms with Gasteiger partial charge in [-0.1, -0.05) is 29.0 Å². The van der Waals surface area contributed by atoms with E-state index in [1.807, 2.05) is 50.7 Å². The zero-order valence-corrected chi connectivity index (χ0v) is 16.8. The predicted molar refractivity (Wildman–Crippen MR) is 109 cm³/mol. The molecule has 0 saturated heterocycles. The zero-order chi connectivity index (χ0) is 18.0. The lowest BCUT2D eigenvalue weighted by Crippen LogP contribution is -2.32. The first-order chi connectivity index (χ1) is 12.0. The maximum atomic E-state index is 13.0. The Morgan fingerprint density at radius 2 is 2.08 bits per heavy atom. The summed E-state index contributed by atoms with van der Waals surface area (Å²) in [4.78, 5) is 22.4. The molecule has 2 heterocycles. The number of halogens is 1. The summed E-state index contributed by atoms with van der Waals surface area (Å²) >= 11 is 9.15. The lowest BCUT2D eigenvalue weighted by Gasteiger charge is -2.20. The topological polar surface area (TPSA) is 36.4 Å². The summed E-state index contributed by atoms with van der Waals surface area (Å²) in [5, 5.41) is 3.36. The molecule has 4 nitrogen and oxygen atoms in total. The molecule has 3 rings (SSSR count). The van der Waals surface area contributed by atoms with Crippen molar-refractivity contribution in [1.29, 1.82) is 0 Å². The van der Waals surface area contributed by atoms with E-state index >= 15 is 0 Å². The first kappa shape index (κ1) is 18.3. The number of nitrogens with zero attached hydrogens (tertiary/aromatic N) is 3. The van der Waals surface area contributed by atoms with Crippen LogP contribution in [0.2, 0.25) is 5.02 Å². The van der Waals surface area contributed by atoms with Crippen LogP contribution in [0.3, 0.4) is 0 Å². The molecule has 0 aliphatic carbocycles. The van der Waals surface area contributed by atoms with Crippen LogP contribution in [0.5, 0.6) is 0 Å². The van der Waals surface area contributed by atoms with Gasteiger partial charge in [0, 0.05) is 11.6 Å². The summed E-state index contributed by atoms with van der Waals surface area (Å²) in [6, 6.07) is 7.59. The van der Waals surface area contributed by atoms with Crippen molar-refractivity contribution in [1.82, 2.24) is 9.88 Å². The van der Waals surface area contributed by atoms with Crippen molar-refractivity contribution in [2.24, 2.45) is 0 Å². The molecule has 1 aromatic carbocycles. The number of thiophene rings is 1. The Hall–Kier alpha value is -1.47. The van der Waals surface area contributed by atoms with Crippen molar-refractivity contribution in [2.45, 2.75) is 13.3 Å².